The molecule has 0 aliphatic rings. The molecule has 0 saturated carbocycles. The van der Waals surface area contributed by atoms with Gasteiger partial charge < -0.3 is 17.0 Å². The number of hydrogen-bond acceptors (Lipinski definition) is 0. The highest BCUT2D eigenvalue weighted by atomic mass is 79.9. The van der Waals surface area contributed by atoms with Crippen LogP contribution in [0.4, 0.5) is 17.6 Å². The summed E-state index contributed by atoms with van der Waals surface area (Å²) < 4.78 is 55.3. The van der Waals surface area contributed by atoms with Gasteiger partial charge in [0.05, 0.1) is 5.56 Å². The maximum Gasteiger partial charge on any atom is 0.419 e. The van der Waals surface area contributed by atoms with Gasteiger partial charge in [0.1, 0.15) is 35.2 Å². The van der Waals surface area contributed by atoms with Gasteiger partial charge in [0.2, 0.25) is 0 Å². The van der Waals surface area contributed by atoms with Crippen molar-refractivity contribution in [3.05, 3.63) is 126 Å². The van der Waals surface area contributed by atoms with E-state index in [1.54, 1.807) is 0 Å². The zero-order valence-corrected chi connectivity index (χ0v) is 19.4. The molecule has 0 bridgehead atoms. The molecule has 6 heteroatoms. The van der Waals surface area contributed by atoms with Crippen LogP contribution in [0.3, 0.4) is 0 Å². The first-order valence-corrected chi connectivity index (χ1v) is 11.8. The molecule has 4 aromatic carbocycles. The molecule has 0 aromatic heterocycles. The Kier molecular flexibility index (Phi) is 7.53. The Balaban J connectivity index is 0.00000289. The van der Waals surface area contributed by atoms with Crippen LogP contribution in [0.5, 0.6) is 0 Å². The van der Waals surface area contributed by atoms with Gasteiger partial charge in [-0.1, -0.05) is 66.7 Å². The molecule has 4 rings (SSSR count). The predicted molar refractivity (Wildman–Crippen MR) is 120 cm³/mol. The van der Waals surface area contributed by atoms with E-state index in [4.69, 9.17) is 0 Å². The summed E-state index contributed by atoms with van der Waals surface area (Å²) >= 11 is 0. The molecule has 0 nitrogen and oxygen atoms in total. The number of halogens is 5. The van der Waals surface area contributed by atoms with E-state index in [0.29, 0.717) is 0 Å². The Hall–Kier alpha value is -2.49. The summed E-state index contributed by atoms with van der Waals surface area (Å²) in [5, 5.41) is 2.97. The van der Waals surface area contributed by atoms with E-state index < -0.39 is 24.8 Å². The molecule has 0 heterocycles. The molecule has 0 fully saturated rings. The summed E-state index contributed by atoms with van der Waals surface area (Å²) in [7, 11) is -2.48. The van der Waals surface area contributed by atoms with E-state index in [2.05, 4.69) is 0 Å². The van der Waals surface area contributed by atoms with Crippen LogP contribution in [-0.4, -0.2) is 0 Å². The van der Waals surface area contributed by atoms with Gasteiger partial charge in [-0.15, -0.1) is 0 Å². The minimum Gasteiger partial charge on any atom is -1.00 e. The van der Waals surface area contributed by atoms with Crippen LogP contribution < -0.4 is 32.9 Å². The van der Waals surface area contributed by atoms with E-state index in [-0.39, 0.29) is 28.7 Å². The Morgan fingerprint density at radius 3 is 1.34 bits per heavy atom. The summed E-state index contributed by atoms with van der Waals surface area (Å²) in [6, 6.07) is 32.7. The average Bonchev–Trinajstić information content (AvgIpc) is 2.79. The molecule has 0 aliphatic heterocycles. The van der Waals surface area contributed by atoms with Crippen molar-refractivity contribution in [1.82, 2.24) is 0 Å². The van der Waals surface area contributed by atoms with Crippen molar-refractivity contribution in [2.45, 2.75) is 12.3 Å². The van der Waals surface area contributed by atoms with Crippen molar-refractivity contribution < 1.29 is 34.5 Å². The van der Waals surface area contributed by atoms with Gasteiger partial charge >= 0.3 is 6.18 Å². The van der Waals surface area contributed by atoms with Crippen LogP contribution in [-0.2, 0) is 12.3 Å². The number of alkyl halides is 3. The first kappa shape index (κ1) is 24.2. The fourth-order valence-corrected chi connectivity index (χ4v) is 8.19. The number of benzene rings is 4. The monoisotopic (exact) mass is 518 g/mol. The fraction of sp³-hybridized carbons (Fsp3) is 0.0769. The lowest BCUT2D eigenvalue weighted by atomic mass is 10.1. The number of rotatable bonds is 5. The van der Waals surface area contributed by atoms with Gasteiger partial charge in [0.25, 0.3) is 0 Å². The SMILES string of the molecule is Fc1c(C[P+](c2ccccc2)(c2ccccc2)c2ccccc2)cccc1C(F)(F)F.[Br-]. The molecule has 0 aliphatic carbocycles. The molecule has 0 radical (unpaired) electrons. The van der Waals surface area contributed by atoms with Crippen LogP contribution in [0, 0.1) is 5.82 Å². The highest BCUT2D eigenvalue weighted by molar-refractivity contribution is 7.95. The van der Waals surface area contributed by atoms with Crippen molar-refractivity contribution >= 4 is 23.2 Å². The van der Waals surface area contributed by atoms with Crippen LogP contribution in [0.25, 0.3) is 0 Å². The van der Waals surface area contributed by atoms with Crippen LogP contribution in [0.1, 0.15) is 11.1 Å². The van der Waals surface area contributed by atoms with E-state index in [1.807, 2.05) is 91.0 Å². The molecule has 0 saturated heterocycles. The Labute approximate surface area is 196 Å². The molecular weight excluding hydrogens is 499 g/mol. The summed E-state index contributed by atoms with van der Waals surface area (Å²) in [4.78, 5) is 0. The second-order valence-electron chi connectivity index (χ2n) is 7.25. The normalized spacial score (nSPS) is 11.6. The second kappa shape index (κ2) is 9.97. The van der Waals surface area contributed by atoms with Crippen molar-refractivity contribution in [1.29, 1.82) is 0 Å². The van der Waals surface area contributed by atoms with Gasteiger partial charge in [-0.25, -0.2) is 4.39 Å². The van der Waals surface area contributed by atoms with Crippen LogP contribution in [0.2, 0.25) is 0 Å². The Morgan fingerprint density at radius 1 is 0.562 bits per heavy atom. The van der Waals surface area contributed by atoms with Gasteiger partial charge in [-0.3, -0.25) is 0 Å². The van der Waals surface area contributed by atoms with E-state index >= 15 is 4.39 Å². The molecular formula is C26H20BrF4P. The van der Waals surface area contributed by atoms with Crippen molar-refractivity contribution in [3.8, 4) is 0 Å². The minimum atomic E-state index is -4.74. The lowest BCUT2D eigenvalue weighted by Gasteiger charge is -2.28. The van der Waals surface area contributed by atoms with E-state index in [0.717, 1.165) is 22.0 Å². The highest BCUT2D eigenvalue weighted by Gasteiger charge is 2.46. The Bertz CT molecular complexity index is 1050. The standard InChI is InChI=1S/C26H20F4P.BrH/c27-25-20(11-10-18-24(25)26(28,29)30)19-31(21-12-4-1-5-13-21,22-14-6-2-7-15-22)23-16-8-3-9-17-23;/h1-18H,19H2;1H/q+1;/p-1. The maximum absolute atomic E-state index is 15.1. The molecule has 164 valence electrons. The quantitative estimate of drug-likeness (QED) is 0.281. The molecule has 4 aromatic rings. The maximum atomic E-state index is 15.1. The first-order chi connectivity index (χ1) is 14.9. The lowest BCUT2D eigenvalue weighted by Crippen LogP contribution is -3.00. The van der Waals surface area contributed by atoms with Crippen molar-refractivity contribution in [2.75, 3.05) is 0 Å². The highest BCUT2D eigenvalue weighted by Crippen LogP contribution is 2.58. The largest absolute Gasteiger partial charge is 1.00 e. The smallest absolute Gasteiger partial charge is 0.419 e. The summed E-state index contributed by atoms with van der Waals surface area (Å²) in [5.74, 6) is -1.19. The molecule has 0 unspecified atom stereocenters. The molecule has 0 spiro atoms. The van der Waals surface area contributed by atoms with Crippen molar-refractivity contribution in [3.63, 3.8) is 0 Å². The van der Waals surface area contributed by atoms with Gasteiger partial charge in [-0.2, -0.15) is 13.2 Å². The van der Waals surface area contributed by atoms with Crippen molar-refractivity contribution in [2.24, 2.45) is 0 Å². The van der Waals surface area contributed by atoms with E-state index in [1.165, 1.54) is 12.1 Å². The summed E-state index contributed by atoms with van der Waals surface area (Å²) in [6.45, 7) is 0. The number of hydrogen-bond donors (Lipinski definition) is 0. The van der Waals surface area contributed by atoms with Gasteiger partial charge in [0, 0.05) is 5.56 Å². The lowest BCUT2D eigenvalue weighted by molar-refractivity contribution is -0.140. The zero-order valence-electron chi connectivity index (χ0n) is 16.9. The molecule has 0 amide bonds. The fourth-order valence-electron chi connectivity index (χ4n) is 3.94. The van der Waals surface area contributed by atoms with Crippen LogP contribution in [0.15, 0.2) is 109 Å². The van der Waals surface area contributed by atoms with E-state index in [9.17, 15) is 13.2 Å². The summed E-state index contributed by atoms with van der Waals surface area (Å²) in [5.41, 5.74) is -1.16. The van der Waals surface area contributed by atoms with Crippen LogP contribution >= 0.6 is 7.26 Å². The molecule has 0 atom stereocenters. The second-order valence-corrected chi connectivity index (χ2v) is 10.7. The topological polar surface area (TPSA) is 0 Å². The summed E-state index contributed by atoms with van der Waals surface area (Å²) in [6.07, 6.45) is -4.59. The molecule has 32 heavy (non-hydrogen) atoms. The Morgan fingerprint density at radius 2 is 0.969 bits per heavy atom. The van der Waals surface area contributed by atoms with Gasteiger partial charge in [-0.05, 0) is 42.5 Å². The zero-order chi connectivity index (χ0) is 21.9. The third-order valence-corrected chi connectivity index (χ3v) is 9.74. The predicted octanol–water partition coefficient (Wildman–Crippen LogP) is 3.34. The average molecular weight is 519 g/mol. The third kappa shape index (κ3) is 4.65. The third-order valence-electron chi connectivity index (χ3n) is 5.38. The first-order valence-electron chi connectivity index (χ1n) is 9.82. The van der Waals surface area contributed by atoms with Gasteiger partial charge in [0.15, 0.2) is 0 Å². The minimum absolute atomic E-state index is 0. The molecule has 0 N–H and O–H groups in total.